The van der Waals surface area contributed by atoms with E-state index >= 15 is 0 Å². The second-order valence-corrected chi connectivity index (χ2v) is 14.1. The molecule has 272 valence electrons. The number of nitrogens with one attached hydrogen (secondary N) is 3. The predicted octanol–water partition coefficient (Wildman–Crippen LogP) is 6.31. The number of piperidine rings is 1. The number of hydrogen-bond acceptors (Lipinski definition) is 7. The molecule has 1 atom stereocenters. The number of carbonyl (C=O) groups excluding carboxylic acids is 5. The Bertz CT molecular complexity index is 2630. The molecule has 55 heavy (non-hydrogen) atoms. The first-order chi connectivity index (χ1) is 26.7. The Morgan fingerprint density at radius 1 is 0.982 bits per heavy atom. The van der Waals surface area contributed by atoms with E-state index in [1.54, 1.807) is 30.6 Å². The van der Waals surface area contributed by atoms with Gasteiger partial charge in [0.05, 0.1) is 5.69 Å². The molecule has 11 heteroatoms. The lowest BCUT2D eigenvalue weighted by molar-refractivity contribution is -0.136. The van der Waals surface area contributed by atoms with E-state index in [0.29, 0.717) is 36.1 Å². The zero-order valence-corrected chi connectivity index (χ0v) is 30.2. The summed E-state index contributed by atoms with van der Waals surface area (Å²) in [7, 11) is 0. The smallest absolute Gasteiger partial charge is 0.269 e. The van der Waals surface area contributed by atoms with E-state index in [4.69, 9.17) is 4.98 Å². The zero-order chi connectivity index (χ0) is 38.2. The maximum Gasteiger partial charge on any atom is 0.269 e. The zero-order valence-electron chi connectivity index (χ0n) is 30.2. The van der Waals surface area contributed by atoms with Gasteiger partial charge in [-0.15, -0.1) is 0 Å². The number of fused-ring (bicyclic) bond motifs is 3. The van der Waals surface area contributed by atoms with Crippen molar-refractivity contribution in [2.75, 3.05) is 6.54 Å². The second kappa shape index (κ2) is 14.5. The number of hydrogen-bond donors (Lipinski definition) is 3. The maximum atomic E-state index is 13.1. The highest BCUT2D eigenvalue weighted by atomic mass is 16.2. The molecule has 2 aliphatic heterocycles. The van der Waals surface area contributed by atoms with Gasteiger partial charge in [-0.25, -0.2) is 0 Å². The minimum atomic E-state index is -0.691. The summed E-state index contributed by atoms with van der Waals surface area (Å²) < 4.78 is 0. The molecule has 0 bridgehead atoms. The van der Waals surface area contributed by atoms with Crippen LogP contribution in [0.25, 0.3) is 44.1 Å². The molecule has 3 aromatic heterocycles. The highest BCUT2D eigenvalue weighted by Crippen LogP contribution is 2.36. The van der Waals surface area contributed by atoms with Gasteiger partial charge in [0.25, 0.3) is 11.8 Å². The van der Waals surface area contributed by atoms with Crippen LogP contribution in [0, 0.1) is 11.8 Å². The summed E-state index contributed by atoms with van der Waals surface area (Å²) in [6, 6.07) is 20.5. The van der Waals surface area contributed by atoms with Crippen LogP contribution in [0.15, 0.2) is 85.3 Å². The summed E-state index contributed by atoms with van der Waals surface area (Å²) in [5, 5.41) is 8.06. The number of carbonyl (C=O) groups is 5. The lowest BCUT2D eigenvalue weighted by Gasteiger charge is -2.29. The largest absolute Gasteiger partial charge is 0.360 e. The fourth-order valence-electron chi connectivity index (χ4n) is 7.44. The fraction of sp³-hybridized carbons (Fsp3) is 0.205. The minimum absolute atomic E-state index is 0.191. The van der Waals surface area contributed by atoms with Crippen molar-refractivity contribution >= 4 is 51.6 Å². The van der Waals surface area contributed by atoms with Crippen molar-refractivity contribution in [1.29, 1.82) is 0 Å². The average molecular weight is 729 g/mol. The molecule has 2 aliphatic rings. The van der Waals surface area contributed by atoms with Crippen molar-refractivity contribution in [2.45, 2.75) is 51.6 Å². The van der Waals surface area contributed by atoms with Crippen LogP contribution in [0.5, 0.6) is 0 Å². The minimum Gasteiger partial charge on any atom is -0.360 e. The Hall–Kier alpha value is -6.93. The number of H-pyrrole nitrogens is 1. The summed E-state index contributed by atoms with van der Waals surface area (Å²) >= 11 is 0. The van der Waals surface area contributed by atoms with E-state index in [0.717, 1.165) is 61.5 Å². The van der Waals surface area contributed by atoms with Crippen molar-refractivity contribution in [3.8, 4) is 34.2 Å². The third kappa shape index (κ3) is 6.63. The van der Waals surface area contributed by atoms with Crippen molar-refractivity contribution in [1.82, 2.24) is 30.5 Å². The van der Waals surface area contributed by atoms with Crippen LogP contribution < -0.4 is 10.6 Å². The molecule has 3 aromatic carbocycles. The standard InChI is InChI=1S/C44H36N6O5/c1-25(2)33-17-29(18-34-30(24-51)21-48-41(33)34)31-10-6-9-27-19-38(47-22-35(27)31)28-12-13-37(46-20-28)42(53)45-16-4-3-7-26-8-5-11-32-36(26)23-50(44(32)55)39-14-15-40(52)49-43(39)54/h5-6,8-13,17-22,24-25,39,48H,4,14-16,23H2,1-2H3,(H,45,53)(H,49,52,54). The van der Waals surface area contributed by atoms with Gasteiger partial charge in [0.15, 0.2) is 6.29 Å². The Balaban J connectivity index is 0.919. The number of nitrogens with zero attached hydrogens (tertiary/aromatic N) is 3. The summed E-state index contributed by atoms with van der Waals surface area (Å²) in [5.74, 6) is 5.09. The summed E-state index contributed by atoms with van der Waals surface area (Å²) in [6.07, 6.45) is 6.99. The highest BCUT2D eigenvalue weighted by molar-refractivity contribution is 6.06. The van der Waals surface area contributed by atoms with Crippen LogP contribution in [0.4, 0.5) is 0 Å². The molecule has 1 saturated heterocycles. The molecule has 4 amide bonds. The first-order valence-corrected chi connectivity index (χ1v) is 18.2. The first-order valence-electron chi connectivity index (χ1n) is 18.2. The van der Waals surface area contributed by atoms with Gasteiger partial charge in [0, 0.05) is 83.1 Å². The SMILES string of the molecule is CC(C)c1cc(-c2cccc3cc(-c4ccc(C(=O)NCCC#Cc5cccc6c5CN(C5CCC(=O)NC5=O)C6=O)nc4)ncc23)cc2c(C=O)c[nH]c12. The quantitative estimate of drug-likeness (QED) is 0.0718. The fourth-order valence-corrected chi connectivity index (χ4v) is 7.44. The number of rotatable bonds is 8. The number of aromatic nitrogens is 3. The lowest BCUT2D eigenvalue weighted by Crippen LogP contribution is -2.52. The normalized spacial score (nSPS) is 15.2. The number of benzene rings is 3. The van der Waals surface area contributed by atoms with Crippen LogP contribution in [0.1, 0.15) is 86.9 Å². The van der Waals surface area contributed by atoms with Gasteiger partial charge in [-0.1, -0.05) is 50.0 Å². The molecule has 3 N–H and O–H groups in total. The van der Waals surface area contributed by atoms with Crippen molar-refractivity contribution in [2.24, 2.45) is 0 Å². The first kappa shape index (κ1) is 35.1. The van der Waals surface area contributed by atoms with Gasteiger partial charge in [-0.05, 0) is 82.4 Å². The van der Waals surface area contributed by atoms with Gasteiger partial charge in [-0.3, -0.25) is 39.3 Å². The number of amides is 4. The summed E-state index contributed by atoms with van der Waals surface area (Å²) in [5.41, 5.74) is 8.49. The summed E-state index contributed by atoms with van der Waals surface area (Å²) in [4.78, 5) is 75.7. The van der Waals surface area contributed by atoms with E-state index in [-0.39, 0.29) is 42.3 Å². The molecular formula is C44H36N6O5. The van der Waals surface area contributed by atoms with Gasteiger partial charge < -0.3 is 15.2 Å². The number of aromatic amines is 1. The highest BCUT2D eigenvalue weighted by Gasteiger charge is 2.39. The number of pyridine rings is 2. The Morgan fingerprint density at radius 2 is 1.82 bits per heavy atom. The summed E-state index contributed by atoms with van der Waals surface area (Å²) in [6.45, 7) is 4.82. The van der Waals surface area contributed by atoms with Crippen molar-refractivity contribution in [3.63, 3.8) is 0 Å². The molecule has 11 nitrogen and oxygen atoms in total. The van der Waals surface area contributed by atoms with Crippen LogP contribution in [0.3, 0.4) is 0 Å². The topological polar surface area (TPSA) is 154 Å². The van der Waals surface area contributed by atoms with Crippen LogP contribution >= 0.6 is 0 Å². The van der Waals surface area contributed by atoms with Crippen molar-refractivity contribution in [3.05, 3.63) is 119 Å². The van der Waals surface area contributed by atoms with E-state index in [1.165, 1.54) is 4.90 Å². The predicted molar refractivity (Wildman–Crippen MR) is 208 cm³/mol. The van der Waals surface area contributed by atoms with Gasteiger partial charge >= 0.3 is 0 Å². The molecule has 0 aliphatic carbocycles. The van der Waals surface area contributed by atoms with Gasteiger partial charge in [-0.2, -0.15) is 0 Å². The molecule has 0 spiro atoms. The Morgan fingerprint density at radius 3 is 2.60 bits per heavy atom. The van der Waals surface area contributed by atoms with Gasteiger partial charge in [0.1, 0.15) is 11.7 Å². The molecule has 1 unspecified atom stereocenters. The van der Waals surface area contributed by atoms with Crippen LogP contribution in [-0.4, -0.2) is 62.4 Å². The van der Waals surface area contributed by atoms with E-state index in [2.05, 4.69) is 64.5 Å². The monoisotopic (exact) mass is 728 g/mol. The lowest BCUT2D eigenvalue weighted by atomic mass is 9.92. The second-order valence-electron chi connectivity index (χ2n) is 14.1. The van der Waals surface area contributed by atoms with Crippen LogP contribution in [-0.2, 0) is 16.1 Å². The molecule has 0 radical (unpaired) electrons. The van der Waals surface area contributed by atoms with Crippen LogP contribution in [0.2, 0.25) is 0 Å². The van der Waals surface area contributed by atoms with E-state index in [9.17, 15) is 24.0 Å². The molecule has 0 saturated carbocycles. The van der Waals surface area contributed by atoms with Crippen molar-refractivity contribution < 1.29 is 24.0 Å². The molecule has 5 heterocycles. The van der Waals surface area contributed by atoms with Gasteiger partial charge in [0.2, 0.25) is 11.8 Å². The van der Waals surface area contributed by atoms with E-state index in [1.807, 2.05) is 36.5 Å². The third-order valence-electron chi connectivity index (χ3n) is 10.3. The number of imide groups is 1. The molecular weight excluding hydrogens is 693 g/mol. The third-order valence-corrected chi connectivity index (χ3v) is 10.3. The maximum absolute atomic E-state index is 13.1. The molecule has 1 fully saturated rings. The molecule has 6 aromatic rings. The van der Waals surface area contributed by atoms with E-state index < -0.39 is 11.9 Å². The Labute approximate surface area is 316 Å². The number of aldehydes is 1. The average Bonchev–Trinajstić information content (AvgIpc) is 3.77. The Kier molecular flexibility index (Phi) is 9.24. The molecule has 8 rings (SSSR count).